The van der Waals surface area contributed by atoms with Crippen LogP contribution in [0.3, 0.4) is 0 Å². The molecule has 1 amide bonds. The highest BCUT2D eigenvalue weighted by molar-refractivity contribution is 6.46. The molecule has 7 heteroatoms. The predicted octanol–water partition coefficient (Wildman–Crippen LogP) is 4.08. The quantitative estimate of drug-likeness (QED) is 0.464. The van der Waals surface area contributed by atoms with E-state index in [4.69, 9.17) is 16.3 Å². The van der Waals surface area contributed by atoms with E-state index in [1.54, 1.807) is 30.3 Å². The van der Waals surface area contributed by atoms with Gasteiger partial charge in [-0.3, -0.25) is 9.59 Å². The zero-order chi connectivity index (χ0) is 20.5. The van der Waals surface area contributed by atoms with Crippen LogP contribution in [0.15, 0.2) is 54.1 Å². The number of ketones is 1. The molecular formula is C22H19ClFNO4. The minimum absolute atomic E-state index is 0.139. The third-order valence-corrected chi connectivity index (χ3v) is 5.53. The van der Waals surface area contributed by atoms with Crippen molar-refractivity contribution in [2.24, 2.45) is 0 Å². The number of carbonyl (C=O) groups excluding carboxylic acids is 2. The average molecular weight is 416 g/mol. The fourth-order valence-corrected chi connectivity index (χ4v) is 3.99. The summed E-state index contributed by atoms with van der Waals surface area (Å²) in [6.07, 6.45) is 1.39. The van der Waals surface area contributed by atoms with Gasteiger partial charge in [0.25, 0.3) is 11.7 Å². The molecular weight excluding hydrogens is 397 g/mol. The van der Waals surface area contributed by atoms with Gasteiger partial charge in [-0.1, -0.05) is 29.8 Å². The Kier molecular flexibility index (Phi) is 5.39. The van der Waals surface area contributed by atoms with Gasteiger partial charge in [0.05, 0.1) is 17.7 Å². The molecule has 0 radical (unpaired) electrons. The Labute approximate surface area is 172 Å². The van der Waals surface area contributed by atoms with Crippen molar-refractivity contribution in [1.82, 2.24) is 4.90 Å². The number of halogens is 2. The van der Waals surface area contributed by atoms with Crippen LogP contribution in [0.2, 0.25) is 5.02 Å². The van der Waals surface area contributed by atoms with Crippen molar-refractivity contribution in [3.05, 3.63) is 76.1 Å². The van der Waals surface area contributed by atoms with Crippen molar-refractivity contribution in [2.75, 3.05) is 13.2 Å². The normalized spacial score (nSPS) is 23.7. The van der Waals surface area contributed by atoms with Crippen molar-refractivity contribution >= 4 is 29.1 Å². The summed E-state index contributed by atoms with van der Waals surface area (Å²) in [6, 6.07) is 11.1. The van der Waals surface area contributed by atoms with Gasteiger partial charge < -0.3 is 14.7 Å². The Hall–Kier alpha value is -2.70. The number of hydrogen-bond acceptors (Lipinski definition) is 4. The molecule has 29 heavy (non-hydrogen) atoms. The number of rotatable bonds is 4. The van der Waals surface area contributed by atoms with Crippen LogP contribution in [0, 0.1) is 5.82 Å². The monoisotopic (exact) mass is 415 g/mol. The van der Waals surface area contributed by atoms with Gasteiger partial charge in [0.15, 0.2) is 0 Å². The zero-order valence-electron chi connectivity index (χ0n) is 15.5. The number of hydrogen-bond donors (Lipinski definition) is 1. The van der Waals surface area contributed by atoms with Crippen molar-refractivity contribution in [3.8, 4) is 0 Å². The number of aliphatic hydroxyl groups excluding tert-OH is 1. The van der Waals surface area contributed by atoms with Gasteiger partial charge in [-0.2, -0.15) is 0 Å². The first kappa shape index (κ1) is 19.6. The molecule has 2 aliphatic rings. The zero-order valence-corrected chi connectivity index (χ0v) is 16.2. The summed E-state index contributed by atoms with van der Waals surface area (Å²) in [6.45, 7) is 0.741. The van der Waals surface area contributed by atoms with Crippen LogP contribution in [-0.4, -0.2) is 41.0 Å². The van der Waals surface area contributed by atoms with Crippen molar-refractivity contribution < 1.29 is 23.8 Å². The fraction of sp³-hybridized carbons (Fsp3) is 0.273. The summed E-state index contributed by atoms with van der Waals surface area (Å²) in [4.78, 5) is 27.0. The average Bonchev–Trinajstić information content (AvgIpc) is 3.31. The molecule has 0 saturated carbocycles. The third-order valence-electron chi connectivity index (χ3n) is 5.28. The van der Waals surface area contributed by atoms with Crippen LogP contribution in [0.5, 0.6) is 0 Å². The van der Waals surface area contributed by atoms with Crippen LogP contribution in [0.25, 0.3) is 5.76 Å². The number of aliphatic hydroxyl groups is 1. The molecule has 2 heterocycles. The van der Waals surface area contributed by atoms with Crippen molar-refractivity contribution in [3.63, 3.8) is 0 Å². The van der Waals surface area contributed by atoms with E-state index in [-0.39, 0.29) is 29.5 Å². The minimum atomic E-state index is -1.03. The maximum atomic E-state index is 14.7. The minimum Gasteiger partial charge on any atom is -0.507 e. The maximum Gasteiger partial charge on any atom is 0.295 e. The molecule has 0 aromatic heterocycles. The Morgan fingerprint density at radius 1 is 1.17 bits per heavy atom. The highest BCUT2D eigenvalue weighted by atomic mass is 35.5. The summed E-state index contributed by atoms with van der Waals surface area (Å²) < 4.78 is 20.3. The molecule has 4 rings (SSSR count). The second kappa shape index (κ2) is 7.97. The van der Waals surface area contributed by atoms with E-state index < -0.39 is 23.5 Å². The summed E-state index contributed by atoms with van der Waals surface area (Å²) in [5, 5.41) is 11.3. The van der Waals surface area contributed by atoms with Crippen LogP contribution >= 0.6 is 11.6 Å². The molecule has 0 unspecified atom stereocenters. The molecule has 2 aromatic carbocycles. The summed E-state index contributed by atoms with van der Waals surface area (Å²) >= 11 is 5.90. The molecule has 2 aliphatic heterocycles. The van der Waals surface area contributed by atoms with Crippen molar-refractivity contribution in [1.29, 1.82) is 0 Å². The molecule has 0 spiro atoms. The first-order valence-corrected chi connectivity index (χ1v) is 9.75. The number of carbonyl (C=O) groups is 2. The Bertz CT molecular complexity index is 983. The van der Waals surface area contributed by atoms with E-state index in [2.05, 4.69) is 0 Å². The molecule has 0 bridgehead atoms. The SMILES string of the molecule is O=C1C(=O)N(C[C@@H]2CCCO2)[C@@H](c2ccccc2F)/C1=C(\O)c1ccc(Cl)cc1. The Balaban J connectivity index is 1.84. The first-order chi connectivity index (χ1) is 14.0. The van der Waals surface area contributed by atoms with E-state index in [0.29, 0.717) is 17.2 Å². The largest absolute Gasteiger partial charge is 0.507 e. The molecule has 2 saturated heterocycles. The van der Waals surface area contributed by atoms with Crippen LogP contribution in [0.1, 0.15) is 30.0 Å². The summed E-state index contributed by atoms with van der Waals surface area (Å²) in [5.74, 6) is -2.53. The lowest BCUT2D eigenvalue weighted by Crippen LogP contribution is -2.36. The molecule has 2 atom stereocenters. The van der Waals surface area contributed by atoms with Gasteiger partial charge in [0.2, 0.25) is 0 Å². The van der Waals surface area contributed by atoms with E-state index in [1.165, 1.54) is 23.1 Å². The first-order valence-electron chi connectivity index (χ1n) is 9.37. The molecule has 0 aliphatic carbocycles. The maximum absolute atomic E-state index is 14.7. The van der Waals surface area contributed by atoms with Gasteiger partial charge in [-0.05, 0) is 43.2 Å². The number of ether oxygens (including phenoxy) is 1. The third kappa shape index (κ3) is 3.66. The lowest BCUT2D eigenvalue weighted by Gasteiger charge is -2.27. The standard InChI is InChI=1S/C22H19ClFNO4/c23-14-9-7-13(8-10-14)20(26)18-19(16-5-1-2-6-17(16)24)25(22(28)21(18)27)12-15-4-3-11-29-15/h1-2,5-10,15,19,26H,3-4,11-12H2/b20-18+/t15-,19-/m0/s1. The number of Topliss-reactive ketones (excluding diaryl/α,β-unsaturated/α-hetero) is 1. The van der Waals surface area contributed by atoms with Gasteiger partial charge in [-0.15, -0.1) is 0 Å². The number of likely N-dealkylation sites (tertiary alicyclic amines) is 1. The van der Waals surface area contributed by atoms with Crippen LogP contribution in [0.4, 0.5) is 4.39 Å². The molecule has 150 valence electrons. The molecule has 1 N–H and O–H groups in total. The van der Waals surface area contributed by atoms with Crippen molar-refractivity contribution in [2.45, 2.75) is 25.0 Å². The van der Waals surface area contributed by atoms with E-state index in [0.717, 1.165) is 12.8 Å². The van der Waals surface area contributed by atoms with Gasteiger partial charge in [0, 0.05) is 29.3 Å². The predicted molar refractivity (Wildman–Crippen MR) is 106 cm³/mol. The Morgan fingerprint density at radius 3 is 2.55 bits per heavy atom. The van der Waals surface area contributed by atoms with Gasteiger partial charge in [0.1, 0.15) is 11.6 Å². The summed E-state index contributed by atoms with van der Waals surface area (Å²) in [5.41, 5.74) is 0.339. The number of nitrogens with zero attached hydrogens (tertiary/aromatic N) is 1. The topological polar surface area (TPSA) is 66.8 Å². The number of benzene rings is 2. The fourth-order valence-electron chi connectivity index (χ4n) is 3.86. The molecule has 2 aromatic rings. The van der Waals surface area contributed by atoms with E-state index in [1.807, 2.05) is 0 Å². The Morgan fingerprint density at radius 2 is 1.90 bits per heavy atom. The van der Waals surface area contributed by atoms with E-state index in [9.17, 15) is 19.1 Å². The van der Waals surface area contributed by atoms with Crippen LogP contribution in [-0.2, 0) is 14.3 Å². The smallest absolute Gasteiger partial charge is 0.295 e. The second-order valence-electron chi connectivity index (χ2n) is 7.11. The van der Waals surface area contributed by atoms with Crippen LogP contribution < -0.4 is 0 Å². The highest BCUT2D eigenvalue weighted by Crippen LogP contribution is 2.41. The van der Waals surface area contributed by atoms with Gasteiger partial charge in [-0.25, -0.2) is 4.39 Å². The lowest BCUT2D eigenvalue weighted by molar-refractivity contribution is -0.140. The van der Waals surface area contributed by atoms with E-state index >= 15 is 0 Å². The second-order valence-corrected chi connectivity index (χ2v) is 7.55. The number of amides is 1. The van der Waals surface area contributed by atoms with Gasteiger partial charge >= 0.3 is 0 Å². The highest BCUT2D eigenvalue weighted by Gasteiger charge is 2.47. The summed E-state index contributed by atoms with van der Waals surface area (Å²) in [7, 11) is 0. The lowest BCUT2D eigenvalue weighted by atomic mass is 9.95. The molecule has 5 nitrogen and oxygen atoms in total. The molecule has 2 fully saturated rings.